The summed E-state index contributed by atoms with van der Waals surface area (Å²) in [6.45, 7) is 3.67. The molecule has 130 valence electrons. The summed E-state index contributed by atoms with van der Waals surface area (Å²) in [5.74, 6) is -0.573. The maximum atomic E-state index is 12.4. The van der Waals surface area contributed by atoms with E-state index in [4.69, 9.17) is 5.73 Å². The van der Waals surface area contributed by atoms with Gasteiger partial charge in [0.05, 0.1) is 5.69 Å². The van der Waals surface area contributed by atoms with Crippen LogP contribution in [0.15, 0.2) is 47.4 Å². The summed E-state index contributed by atoms with van der Waals surface area (Å²) < 4.78 is 1.53. The molecule has 0 fully saturated rings. The van der Waals surface area contributed by atoms with Crippen LogP contribution < -0.4 is 16.2 Å². The van der Waals surface area contributed by atoms with Crippen LogP contribution in [0.2, 0.25) is 0 Å². The number of anilines is 1. The van der Waals surface area contributed by atoms with Crippen LogP contribution >= 0.6 is 0 Å². The number of amides is 1. The van der Waals surface area contributed by atoms with E-state index < -0.39 is 5.91 Å². The van der Waals surface area contributed by atoms with Crippen LogP contribution in [0.4, 0.5) is 5.69 Å². The van der Waals surface area contributed by atoms with Crippen LogP contribution in [-0.2, 0) is 13.5 Å². The zero-order valence-electron chi connectivity index (χ0n) is 14.5. The van der Waals surface area contributed by atoms with E-state index in [1.165, 1.54) is 10.1 Å². The van der Waals surface area contributed by atoms with E-state index in [1.54, 1.807) is 13.1 Å². The average molecular weight is 338 g/mol. The lowest BCUT2D eigenvalue weighted by Crippen LogP contribution is -2.28. The quantitative estimate of drug-likeness (QED) is 0.721. The fourth-order valence-electron chi connectivity index (χ4n) is 3.06. The lowest BCUT2D eigenvalue weighted by molar-refractivity contribution is 0.0996. The number of aromatic amines is 1. The third kappa shape index (κ3) is 3.28. The van der Waals surface area contributed by atoms with Gasteiger partial charge in [-0.25, -0.2) is 0 Å². The number of benzene rings is 1. The zero-order chi connectivity index (χ0) is 18.0. The van der Waals surface area contributed by atoms with Gasteiger partial charge in [-0.15, -0.1) is 0 Å². The van der Waals surface area contributed by atoms with Crippen LogP contribution in [0.3, 0.4) is 0 Å². The summed E-state index contributed by atoms with van der Waals surface area (Å²) in [5.41, 5.74) is 8.02. The number of carbonyl (C=O) groups is 1. The molecular weight excluding hydrogens is 316 g/mol. The molecule has 0 aliphatic rings. The number of H-pyrrole nitrogens is 1. The number of hydrogen-bond acceptors (Lipinski definition) is 3. The molecule has 0 spiro atoms. The van der Waals surface area contributed by atoms with Crippen LogP contribution in [0.5, 0.6) is 0 Å². The summed E-state index contributed by atoms with van der Waals surface area (Å²) >= 11 is 0. The number of primary amides is 1. The molecule has 0 aliphatic carbocycles. The molecule has 0 bridgehead atoms. The van der Waals surface area contributed by atoms with Crippen molar-refractivity contribution in [3.8, 4) is 0 Å². The van der Waals surface area contributed by atoms with Crippen LogP contribution in [-0.4, -0.2) is 28.5 Å². The highest BCUT2D eigenvalue weighted by Crippen LogP contribution is 2.25. The number of aryl methyl sites for hydroxylation is 1. The number of hydrogen-bond donors (Lipinski definition) is 2. The SMILES string of the molecule is CCN(CCc1ccccc1)c1cn(C)c(=O)c2[nH]c(C(N)=O)cc12. The molecule has 0 saturated carbocycles. The second-order valence-corrected chi connectivity index (χ2v) is 6.08. The van der Waals surface area contributed by atoms with E-state index in [0.717, 1.165) is 30.6 Å². The zero-order valence-corrected chi connectivity index (χ0v) is 14.5. The Morgan fingerprint density at radius 3 is 2.64 bits per heavy atom. The first-order valence-corrected chi connectivity index (χ1v) is 8.32. The first-order valence-electron chi connectivity index (χ1n) is 8.32. The Morgan fingerprint density at radius 2 is 2.00 bits per heavy atom. The number of fused-ring (bicyclic) bond motifs is 1. The largest absolute Gasteiger partial charge is 0.370 e. The molecule has 2 heterocycles. The number of nitrogens with zero attached hydrogens (tertiary/aromatic N) is 2. The van der Waals surface area contributed by atoms with Gasteiger partial charge in [0.2, 0.25) is 0 Å². The monoisotopic (exact) mass is 338 g/mol. The van der Waals surface area contributed by atoms with Crippen molar-refractivity contribution < 1.29 is 4.79 Å². The summed E-state index contributed by atoms with van der Waals surface area (Å²) in [6.07, 6.45) is 2.71. The molecule has 0 aliphatic heterocycles. The lowest BCUT2D eigenvalue weighted by atomic mass is 10.1. The molecule has 2 aromatic heterocycles. The Hall–Kier alpha value is -3.02. The summed E-state index contributed by atoms with van der Waals surface area (Å²) in [7, 11) is 1.71. The number of aromatic nitrogens is 2. The Morgan fingerprint density at radius 1 is 1.28 bits per heavy atom. The Balaban J connectivity index is 2.01. The van der Waals surface area contributed by atoms with E-state index >= 15 is 0 Å². The third-order valence-corrected chi connectivity index (χ3v) is 4.44. The Bertz CT molecular complexity index is 957. The highest BCUT2D eigenvalue weighted by molar-refractivity contribution is 6.00. The minimum absolute atomic E-state index is 0.176. The van der Waals surface area contributed by atoms with Crippen LogP contribution in [0.25, 0.3) is 10.9 Å². The molecule has 3 rings (SSSR count). The highest BCUT2D eigenvalue weighted by Gasteiger charge is 2.17. The number of rotatable bonds is 6. The molecule has 25 heavy (non-hydrogen) atoms. The van der Waals surface area contributed by atoms with Crippen molar-refractivity contribution in [2.45, 2.75) is 13.3 Å². The van der Waals surface area contributed by atoms with E-state index in [2.05, 4.69) is 28.9 Å². The molecule has 1 amide bonds. The highest BCUT2D eigenvalue weighted by atomic mass is 16.1. The Kier molecular flexibility index (Phi) is 4.61. The second kappa shape index (κ2) is 6.84. The summed E-state index contributed by atoms with van der Waals surface area (Å²) in [6, 6.07) is 11.9. The van der Waals surface area contributed by atoms with Crippen molar-refractivity contribution >= 4 is 22.5 Å². The average Bonchev–Trinajstić information content (AvgIpc) is 3.06. The van der Waals surface area contributed by atoms with Crippen molar-refractivity contribution in [3.63, 3.8) is 0 Å². The first kappa shape index (κ1) is 16.8. The number of likely N-dealkylation sites (N-methyl/N-ethyl adjacent to an activating group) is 1. The van der Waals surface area contributed by atoms with Crippen LogP contribution in [0, 0.1) is 0 Å². The van der Waals surface area contributed by atoms with E-state index in [0.29, 0.717) is 5.52 Å². The molecule has 6 nitrogen and oxygen atoms in total. The summed E-state index contributed by atoms with van der Waals surface area (Å²) in [4.78, 5) is 28.9. The van der Waals surface area contributed by atoms with Gasteiger partial charge in [0, 0.05) is 31.7 Å². The lowest BCUT2D eigenvalue weighted by Gasteiger charge is -2.24. The van der Waals surface area contributed by atoms with Crippen molar-refractivity contribution in [3.05, 3.63) is 64.2 Å². The smallest absolute Gasteiger partial charge is 0.274 e. The second-order valence-electron chi connectivity index (χ2n) is 6.08. The van der Waals surface area contributed by atoms with E-state index in [9.17, 15) is 9.59 Å². The normalized spacial score (nSPS) is 11.0. The molecule has 6 heteroatoms. The standard InChI is InChI=1S/C19H22N4O2/c1-3-23(10-9-13-7-5-4-6-8-13)16-12-22(2)19(25)17-14(16)11-15(21-17)18(20)24/h4-8,11-12,21H,3,9-10H2,1-2H3,(H2,20,24). The van der Waals surface area contributed by atoms with Crippen molar-refractivity contribution in [2.75, 3.05) is 18.0 Å². The minimum atomic E-state index is -0.573. The molecule has 3 aromatic rings. The Labute approximate surface area is 145 Å². The number of pyridine rings is 1. The van der Waals surface area contributed by atoms with Gasteiger partial charge >= 0.3 is 0 Å². The fraction of sp³-hybridized carbons (Fsp3) is 0.263. The molecular formula is C19H22N4O2. The first-order chi connectivity index (χ1) is 12.0. The van der Waals surface area contributed by atoms with Gasteiger partial charge in [-0.3, -0.25) is 9.59 Å². The van der Waals surface area contributed by atoms with Gasteiger partial charge in [0.15, 0.2) is 0 Å². The van der Waals surface area contributed by atoms with Gasteiger partial charge in [-0.05, 0) is 25.0 Å². The molecule has 0 saturated heterocycles. The maximum absolute atomic E-state index is 12.4. The van der Waals surface area contributed by atoms with Gasteiger partial charge in [0.1, 0.15) is 11.2 Å². The van der Waals surface area contributed by atoms with Crippen molar-refractivity contribution in [2.24, 2.45) is 12.8 Å². The minimum Gasteiger partial charge on any atom is -0.370 e. The third-order valence-electron chi connectivity index (χ3n) is 4.44. The fourth-order valence-corrected chi connectivity index (χ4v) is 3.06. The molecule has 0 atom stereocenters. The molecule has 3 N–H and O–H groups in total. The van der Waals surface area contributed by atoms with Crippen molar-refractivity contribution in [1.82, 2.24) is 9.55 Å². The van der Waals surface area contributed by atoms with E-state index in [1.807, 2.05) is 24.4 Å². The van der Waals surface area contributed by atoms with E-state index in [-0.39, 0.29) is 11.3 Å². The number of nitrogens with two attached hydrogens (primary N) is 1. The molecule has 0 unspecified atom stereocenters. The predicted molar refractivity (Wildman–Crippen MR) is 100 cm³/mol. The number of carbonyl (C=O) groups excluding carboxylic acids is 1. The van der Waals surface area contributed by atoms with Gasteiger partial charge < -0.3 is 20.2 Å². The van der Waals surface area contributed by atoms with Crippen LogP contribution in [0.1, 0.15) is 23.0 Å². The molecule has 0 radical (unpaired) electrons. The predicted octanol–water partition coefficient (Wildman–Crippen LogP) is 2.03. The topological polar surface area (TPSA) is 84.1 Å². The van der Waals surface area contributed by atoms with Gasteiger partial charge in [-0.1, -0.05) is 30.3 Å². The maximum Gasteiger partial charge on any atom is 0.274 e. The molecule has 1 aromatic carbocycles. The van der Waals surface area contributed by atoms with Gasteiger partial charge in [0.25, 0.3) is 11.5 Å². The van der Waals surface area contributed by atoms with Crippen molar-refractivity contribution in [1.29, 1.82) is 0 Å². The summed E-state index contributed by atoms with van der Waals surface area (Å²) in [5, 5.41) is 0.729. The van der Waals surface area contributed by atoms with Gasteiger partial charge in [-0.2, -0.15) is 0 Å². The number of nitrogens with one attached hydrogen (secondary N) is 1.